The first-order valence-corrected chi connectivity index (χ1v) is 9.49. The molecule has 0 aliphatic carbocycles. The molecule has 0 atom stereocenters. The average Bonchev–Trinajstić information content (AvgIpc) is 3.07. The van der Waals surface area contributed by atoms with Gasteiger partial charge in [0.25, 0.3) is 5.56 Å². The highest BCUT2D eigenvalue weighted by atomic mass is 35.5. The zero-order valence-electron chi connectivity index (χ0n) is 15.4. The molecule has 0 unspecified atom stereocenters. The van der Waals surface area contributed by atoms with Crippen molar-refractivity contribution in [3.63, 3.8) is 0 Å². The van der Waals surface area contributed by atoms with Crippen LogP contribution in [0.4, 0.5) is 0 Å². The quantitative estimate of drug-likeness (QED) is 0.561. The molecule has 1 N–H and O–H groups in total. The first-order valence-electron chi connectivity index (χ1n) is 9.11. The highest BCUT2D eigenvalue weighted by molar-refractivity contribution is 6.30. The van der Waals surface area contributed by atoms with Crippen LogP contribution in [0.5, 0.6) is 0 Å². The summed E-state index contributed by atoms with van der Waals surface area (Å²) < 4.78 is 3.38. The number of rotatable bonds is 5. The van der Waals surface area contributed by atoms with Crippen molar-refractivity contribution in [1.29, 1.82) is 0 Å². The number of hydrogen-bond acceptors (Lipinski definition) is 3. The highest BCUT2D eigenvalue weighted by Crippen LogP contribution is 2.24. The molecule has 0 saturated carbocycles. The molecule has 0 aliphatic rings. The van der Waals surface area contributed by atoms with Crippen molar-refractivity contribution in [3.8, 4) is 11.4 Å². The van der Waals surface area contributed by atoms with Crippen molar-refractivity contribution in [2.45, 2.75) is 26.4 Å². The Morgan fingerprint density at radius 1 is 1.00 bits per heavy atom. The molecule has 6 nitrogen and oxygen atoms in total. The van der Waals surface area contributed by atoms with Crippen LogP contribution in [0.25, 0.3) is 22.6 Å². The second-order valence-electron chi connectivity index (χ2n) is 6.60. The Morgan fingerprint density at radius 3 is 2.39 bits per heavy atom. The van der Waals surface area contributed by atoms with Gasteiger partial charge in [0.2, 0.25) is 0 Å². The first kappa shape index (κ1) is 18.3. The van der Waals surface area contributed by atoms with Crippen molar-refractivity contribution in [3.05, 3.63) is 86.0 Å². The van der Waals surface area contributed by atoms with Gasteiger partial charge >= 0.3 is 5.69 Å². The minimum atomic E-state index is -0.467. The van der Waals surface area contributed by atoms with E-state index in [-0.39, 0.29) is 0 Å². The molecule has 2 aromatic carbocycles. The van der Waals surface area contributed by atoms with E-state index in [1.165, 1.54) is 4.57 Å². The van der Waals surface area contributed by atoms with Gasteiger partial charge in [0.15, 0.2) is 11.2 Å². The fraction of sp³-hybridized carbons (Fsp3) is 0.190. The monoisotopic (exact) mass is 394 g/mol. The molecule has 142 valence electrons. The Labute approximate surface area is 166 Å². The van der Waals surface area contributed by atoms with Crippen LogP contribution in [0.1, 0.15) is 18.9 Å². The number of benzene rings is 2. The molecule has 2 heterocycles. The third-order valence-electron chi connectivity index (χ3n) is 4.62. The summed E-state index contributed by atoms with van der Waals surface area (Å²) in [4.78, 5) is 32.4. The maximum absolute atomic E-state index is 12.6. The van der Waals surface area contributed by atoms with Crippen LogP contribution in [0.15, 0.2) is 64.2 Å². The van der Waals surface area contributed by atoms with Crippen LogP contribution in [-0.4, -0.2) is 19.1 Å². The van der Waals surface area contributed by atoms with E-state index in [1.807, 2.05) is 54.0 Å². The predicted octanol–water partition coefficient (Wildman–Crippen LogP) is 3.67. The van der Waals surface area contributed by atoms with Crippen LogP contribution in [0, 0.1) is 0 Å². The zero-order chi connectivity index (χ0) is 19.7. The lowest BCUT2D eigenvalue weighted by atomic mass is 10.2. The number of fused-ring (bicyclic) bond motifs is 1. The average molecular weight is 395 g/mol. The van der Waals surface area contributed by atoms with Gasteiger partial charge in [-0.05, 0) is 36.2 Å². The van der Waals surface area contributed by atoms with Gasteiger partial charge in [-0.2, -0.15) is 0 Å². The largest absolute Gasteiger partial charge is 0.330 e. The Morgan fingerprint density at radius 2 is 1.71 bits per heavy atom. The molecule has 0 bridgehead atoms. The van der Waals surface area contributed by atoms with Crippen molar-refractivity contribution in [2.75, 3.05) is 0 Å². The molecule has 28 heavy (non-hydrogen) atoms. The molecular formula is C21H19ClN4O2. The van der Waals surface area contributed by atoms with Gasteiger partial charge in [-0.3, -0.25) is 14.3 Å². The summed E-state index contributed by atoms with van der Waals surface area (Å²) in [6.07, 6.45) is 0.823. The normalized spacial score (nSPS) is 11.2. The van der Waals surface area contributed by atoms with E-state index in [0.717, 1.165) is 17.5 Å². The lowest BCUT2D eigenvalue weighted by molar-refractivity contribution is 0.697. The topological polar surface area (TPSA) is 72.7 Å². The van der Waals surface area contributed by atoms with Gasteiger partial charge in [0, 0.05) is 17.1 Å². The predicted molar refractivity (Wildman–Crippen MR) is 111 cm³/mol. The van der Waals surface area contributed by atoms with E-state index in [1.54, 1.807) is 12.1 Å². The summed E-state index contributed by atoms with van der Waals surface area (Å²) in [5.74, 6) is 0.645. The van der Waals surface area contributed by atoms with Gasteiger partial charge in [-0.1, -0.05) is 48.9 Å². The first-order chi connectivity index (χ1) is 13.6. The van der Waals surface area contributed by atoms with E-state index >= 15 is 0 Å². The second-order valence-corrected chi connectivity index (χ2v) is 7.03. The fourth-order valence-corrected chi connectivity index (χ4v) is 3.47. The SMILES string of the molecule is CCCn1c(-c2ccc(Cl)cc2)nc2c1c(=O)[nH]c(=O)n2Cc1ccccc1. The number of nitrogens with one attached hydrogen (secondary N) is 1. The number of H-pyrrole nitrogens is 1. The smallest absolute Gasteiger partial charge is 0.318 e. The molecular weight excluding hydrogens is 376 g/mol. The van der Waals surface area contributed by atoms with Gasteiger partial charge < -0.3 is 4.57 Å². The van der Waals surface area contributed by atoms with Crippen LogP contribution >= 0.6 is 11.6 Å². The minimum absolute atomic E-state index is 0.330. The summed E-state index contributed by atoms with van der Waals surface area (Å²) in [5.41, 5.74) is 1.69. The number of halogens is 1. The molecule has 2 aromatic heterocycles. The number of aromatic nitrogens is 4. The van der Waals surface area contributed by atoms with E-state index in [0.29, 0.717) is 35.1 Å². The summed E-state index contributed by atoms with van der Waals surface area (Å²) in [5, 5.41) is 0.626. The zero-order valence-corrected chi connectivity index (χ0v) is 16.1. The molecule has 0 fully saturated rings. The van der Waals surface area contributed by atoms with Gasteiger partial charge in [0.05, 0.1) is 6.54 Å². The molecule has 0 aliphatic heterocycles. The molecule has 7 heteroatoms. The van der Waals surface area contributed by atoms with Gasteiger partial charge in [-0.15, -0.1) is 0 Å². The van der Waals surface area contributed by atoms with E-state index < -0.39 is 11.2 Å². The Kier molecular flexibility index (Phi) is 4.88. The Balaban J connectivity index is 1.99. The Hall–Kier alpha value is -3.12. The maximum atomic E-state index is 12.6. The molecule has 0 spiro atoms. The Bertz CT molecular complexity index is 1240. The number of imidazole rings is 1. The standard InChI is InChI=1S/C21H19ClN4O2/c1-2-12-25-17-19(23-18(25)15-8-10-16(22)11-9-15)26(21(28)24-20(17)27)13-14-6-4-3-5-7-14/h3-11H,2,12-13H2,1H3,(H,24,27,28). The summed E-state index contributed by atoms with van der Waals surface area (Å²) in [7, 11) is 0. The molecule has 0 saturated heterocycles. The molecule has 0 radical (unpaired) electrons. The van der Waals surface area contributed by atoms with Crippen LogP contribution < -0.4 is 11.2 Å². The van der Waals surface area contributed by atoms with Crippen LogP contribution in [0.2, 0.25) is 5.02 Å². The van der Waals surface area contributed by atoms with Gasteiger partial charge in [-0.25, -0.2) is 9.78 Å². The van der Waals surface area contributed by atoms with E-state index in [2.05, 4.69) is 4.98 Å². The second kappa shape index (κ2) is 7.48. The summed E-state index contributed by atoms with van der Waals surface area (Å²) in [6, 6.07) is 16.9. The van der Waals surface area contributed by atoms with Gasteiger partial charge in [0.1, 0.15) is 5.82 Å². The van der Waals surface area contributed by atoms with E-state index in [4.69, 9.17) is 16.6 Å². The van der Waals surface area contributed by atoms with Crippen molar-refractivity contribution >= 4 is 22.8 Å². The van der Waals surface area contributed by atoms with Crippen LogP contribution in [-0.2, 0) is 13.1 Å². The molecule has 0 amide bonds. The molecule has 4 aromatic rings. The van der Waals surface area contributed by atoms with Crippen molar-refractivity contribution in [1.82, 2.24) is 19.1 Å². The number of aromatic amines is 1. The van der Waals surface area contributed by atoms with Crippen molar-refractivity contribution in [2.24, 2.45) is 0 Å². The number of nitrogens with zero attached hydrogens (tertiary/aromatic N) is 3. The minimum Gasteiger partial charge on any atom is -0.318 e. The third kappa shape index (κ3) is 3.27. The highest BCUT2D eigenvalue weighted by Gasteiger charge is 2.19. The maximum Gasteiger partial charge on any atom is 0.330 e. The van der Waals surface area contributed by atoms with Crippen molar-refractivity contribution < 1.29 is 0 Å². The van der Waals surface area contributed by atoms with Crippen LogP contribution in [0.3, 0.4) is 0 Å². The third-order valence-corrected chi connectivity index (χ3v) is 4.87. The molecule has 4 rings (SSSR count). The lowest BCUT2D eigenvalue weighted by Gasteiger charge is -2.08. The summed E-state index contributed by atoms with van der Waals surface area (Å²) in [6.45, 7) is 2.98. The van der Waals surface area contributed by atoms with E-state index in [9.17, 15) is 9.59 Å². The fourth-order valence-electron chi connectivity index (χ4n) is 3.35. The summed E-state index contributed by atoms with van der Waals surface area (Å²) >= 11 is 6.01. The lowest BCUT2D eigenvalue weighted by Crippen LogP contribution is -2.31. The number of aryl methyl sites for hydroxylation is 1. The number of hydrogen-bond donors (Lipinski definition) is 1.